The Labute approximate surface area is 84.8 Å². The first kappa shape index (κ1) is 10.7. The molecule has 0 saturated heterocycles. The van der Waals surface area contributed by atoms with Crippen LogP contribution in [-0.4, -0.2) is 11.0 Å². The summed E-state index contributed by atoms with van der Waals surface area (Å²) in [6, 6.07) is 6.23. The number of rotatable bonds is 4. The van der Waals surface area contributed by atoms with Crippen LogP contribution < -0.4 is 5.32 Å². The Balaban J connectivity index is 2.59. The van der Waals surface area contributed by atoms with Gasteiger partial charge in [-0.2, -0.15) is 5.26 Å². The third kappa shape index (κ3) is 2.82. The lowest BCUT2D eigenvalue weighted by Crippen LogP contribution is -2.29. The van der Waals surface area contributed by atoms with Crippen LogP contribution in [0, 0.1) is 11.3 Å². The highest BCUT2D eigenvalue weighted by molar-refractivity contribution is 5.13. The Hall–Kier alpha value is -1.40. The number of nitriles is 1. The zero-order valence-corrected chi connectivity index (χ0v) is 8.57. The van der Waals surface area contributed by atoms with Gasteiger partial charge >= 0.3 is 0 Å². The standard InChI is InChI=1S/C11H15N3/c1-3-11(7-12)14-9(2)10-5-4-6-13-8-10/h4-6,8-9,11,14H,3H2,1-2H3/t9-,11?/m0/s1. The Morgan fingerprint density at radius 3 is 2.93 bits per heavy atom. The van der Waals surface area contributed by atoms with Crippen molar-refractivity contribution in [3.63, 3.8) is 0 Å². The summed E-state index contributed by atoms with van der Waals surface area (Å²) >= 11 is 0. The minimum atomic E-state index is -0.0785. The molecule has 1 unspecified atom stereocenters. The Kier molecular flexibility index (Phi) is 4.09. The topological polar surface area (TPSA) is 48.7 Å². The van der Waals surface area contributed by atoms with E-state index in [9.17, 15) is 0 Å². The number of hydrogen-bond donors (Lipinski definition) is 1. The van der Waals surface area contributed by atoms with Gasteiger partial charge < -0.3 is 0 Å². The third-order valence-corrected chi connectivity index (χ3v) is 2.20. The van der Waals surface area contributed by atoms with Crippen molar-refractivity contribution < 1.29 is 0 Å². The molecule has 0 aromatic carbocycles. The van der Waals surface area contributed by atoms with E-state index in [2.05, 4.69) is 16.4 Å². The molecular formula is C11H15N3. The van der Waals surface area contributed by atoms with Crippen molar-refractivity contribution in [2.45, 2.75) is 32.4 Å². The van der Waals surface area contributed by atoms with E-state index in [0.717, 1.165) is 12.0 Å². The fourth-order valence-corrected chi connectivity index (χ4v) is 1.28. The molecule has 1 aromatic rings. The molecule has 0 spiro atoms. The van der Waals surface area contributed by atoms with Crippen molar-refractivity contribution >= 4 is 0 Å². The first-order chi connectivity index (χ1) is 6.77. The molecule has 0 aliphatic heterocycles. The Morgan fingerprint density at radius 1 is 1.64 bits per heavy atom. The second-order valence-electron chi connectivity index (χ2n) is 3.26. The van der Waals surface area contributed by atoms with Crippen molar-refractivity contribution in [3.05, 3.63) is 30.1 Å². The highest BCUT2D eigenvalue weighted by atomic mass is 14.9. The summed E-state index contributed by atoms with van der Waals surface area (Å²) in [5.41, 5.74) is 1.11. The maximum absolute atomic E-state index is 8.79. The van der Waals surface area contributed by atoms with Gasteiger partial charge in [-0.25, -0.2) is 0 Å². The van der Waals surface area contributed by atoms with Crippen LogP contribution in [0.5, 0.6) is 0 Å². The number of nitrogens with one attached hydrogen (secondary N) is 1. The molecule has 0 radical (unpaired) electrons. The highest BCUT2D eigenvalue weighted by Gasteiger charge is 2.10. The Morgan fingerprint density at radius 2 is 2.43 bits per heavy atom. The number of aromatic nitrogens is 1. The number of nitrogens with zero attached hydrogens (tertiary/aromatic N) is 2. The summed E-state index contributed by atoms with van der Waals surface area (Å²) in [7, 11) is 0. The maximum atomic E-state index is 8.79. The van der Waals surface area contributed by atoms with Gasteiger partial charge in [0, 0.05) is 18.4 Å². The molecule has 1 aromatic heterocycles. The van der Waals surface area contributed by atoms with Gasteiger partial charge in [0.25, 0.3) is 0 Å². The summed E-state index contributed by atoms with van der Waals surface area (Å²) in [5.74, 6) is 0. The molecule has 0 fully saturated rings. The van der Waals surface area contributed by atoms with E-state index in [-0.39, 0.29) is 12.1 Å². The van der Waals surface area contributed by atoms with Gasteiger partial charge in [-0.1, -0.05) is 13.0 Å². The minimum Gasteiger partial charge on any atom is -0.295 e. The lowest BCUT2D eigenvalue weighted by Gasteiger charge is -2.16. The summed E-state index contributed by atoms with van der Waals surface area (Å²) in [6.45, 7) is 4.04. The van der Waals surface area contributed by atoms with Gasteiger partial charge in [-0.15, -0.1) is 0 Å². The van der Waals surface area contributed by atoms with Gasteiger partial charge in [0.15, 0.2) is 0 Å². The molecule has 1 heterocycles. The van der Waals surface area contributed by atoms with Crippen LogP contribution in [-0.2, 0) is 0 Å². The van der Waals surface area contributed by atoms with E-state index in [0.29, 0.717) is 0 Å². The normalized spacial score (nSPS) is 14.4. The lowest BCUT2D eigenvalue weighted by atomic mass is 10.1. The predicted octanol–water partition coefficient (Wildman–Crippen LogP) is 2.03. The van der Waals surface area contributed by atoms with E-state index in [4.69, 9.17) is 5.26 Å². The fourth-order valence-electron chi connectivity index (χ4n) is 1.28. The van der Waals surface area contributed by atoms with Crippen molar-refractivity contribution in [2.24, 2.45) is 0 Å². The monoisotopic (exact) mass is 189 g/mol. The average Bonchev–Trinajstić information content (AvgIpc) is 2.26. The van der Waals surface area contributed by atoms with Crippen LogP contribution in [0.2, 0.25) is 0 Å². The molecule has 14 heavy (non-hydrogen) atoms. The van der Waals surface area contributed by atoms with E-state index in [1.807, 2.05) is 32.2 Å². The van der Waals surface area contributed by atoms with Crippen LogP contribution >= 0.6 is 0 Å². The van der Waals surface area contributed by atoms with Gasteiger partial charge in [0.2, 0.25) is 0 Å². The zero-order chi connectivity index (χ0) is 10.4. The SMILES string of the molecule is CCC(C#N)N[C@@H](C)c1cccnc1. The molecule has 0 aliphatic carbocycles. The number of pyridine rings is 1. The first-order valence-corrected chi connectivity index (χ1v) is 4.83. The molecule has 3 nitrogen and oxygen atoms in total. The Bertz CT molecular complexity index is 302. The maximum Gasteiger partial charge on any atom is 0.0954 e. The molecule has 3 heteroatoms. The van der Waals surface area contributed by atoms with Crippen molar-refractivity contribution in [3.8, 4) is 6.07 Å². The predicted molar refractivity (Wildman–Crippen MR) is 55.5 cm³/mol. The van der Waals surface area contributed by atoms with E-state index < -0.39 is 0 Å². The van der Waals surface area contributed by atoms with Gasteiger partial charge in [-0.3, -0.25) is 10.3 Å². The second kappa shape index (κ2) is 5.36. The average molecular weight is 189 g/mol. The third-order valence-electron chi connectivity index (χ3n) is 2.20. The lowest BCUT2D eigenvalue weighted by molar-refractivity contribution is 0.507. The van der Waals surface area contributed by atoms with Crippen LogP contribution in [0.4, 0.5) is 0 Å². The highest BCUT2D eigenvalue weighted by Crippen LogP contribution is 2.11. The molecule has 74 valence electrons. The van der Waals surface area contributed by atoms with Gasteiger partial charge in [-0.05, 0) is 25.0 Å². The molecule has 0 saturated carbocycles. The van der Waals surface area contributed by atoms with Crippen LogP contribution in [0.1, 0.15) is 31.9 Å². The van der Waals surface area contributed by atoms with Crippen molar-refractivity contribution in [1.29, 1.82) is 5.26 Å². The zero-order valence-electron chi connectivity index (χ0n) is 8.57. The summed E-state index contributed by atoms with van der Waals surface area (Å²) in [6.07, 6.45) is 4.39. The first-order valence-electron chi connectivity index (χ1n) is 4.83. The smallest absolute Gasteiger partial charge is 0.0954 e. The van der Waals surface area contributed by atoms with Gasteiger partial charge in [0.05, 0.1) is 12.1 Å². The van der Waals surface area contributed by atoms with E-state index in [1.54, 1.807) is 6.20 Å². The quantitative estimate of drug-likeness (QED) is 0.788. The molecular weight excluding hydrogens is 174 g/mol. The summed E-state index contributed by atoms with van der Waals surface area (Å²) < 4.78 is 0. The molecule has 1 rings (SSSR count). The number of hydrogen-bond acceptors (Lipinski definition) is 3. The molecule has 2 atom stereocenters. The summed E-state index contributed by atoms with van der Waals surface area (Å²) in [5, 5.41) is 12.0. The van der Waals surface area contributed by atoms with Crippen molar-refractivity contribution in [1.82, 2.24) is 10.3 Å². The van der Waals surface area contributed by atoms with Crippen LogP contribution in [0.15, 0.2) is 24.5 Å². The second-order valence-corrected chi connectivity index (χ2v) is 3.26. The molecule has 0 amide bonds. The fraction of sp³-hybridized carbons (Fsp3) is 0.455. The van der Waals surface area contributed by atoms with Crippen LogP contribution in [0.25, 0.3) is 0 Å². The van der Waals surface area contributed by atoms with Gasteiger partial charge in [0.1, 0.15) is 0 Å². The molecule has 0 bridgehead atoms. The largest absolute Gasteiger partial charge is 0.295 e. The molecule has 0 aliphatic rings. The van der Waals surface area contributed by atoms with E-state index >= 15 is 0 Å². The van der Waals surface area contributed by atoms with Crippen molar-refractivity contribution in [2.75, 3.05) is 0 Å². The molecule has 1 N–H and O–H groups in total. The van der Waals surface area contributed by atoms with E-state index in [1.165, 1.54) is 0 Å². The van der Waals surface area contributed by atoms with Crippen LogP contribution in [0.3, 0.4) is 0 Å². The minimum absolute atomic E-state index is 0.0785. The summed E-state index contributed by atoms with van der Waals surface area (Å²) in [4.78, 5) is 4.04.